The van der Waals surface area contributed by atoms with Crippen LogP contribution in [-0.4, -0.2) is 65.9 Å². The Hall–Kier alpha value is -3.28. The van der Waals surface area contributed by atoms with Crippen LogP contribution < -0.4 is 15.1 Å². The number of halogens is 6. The topological polar surface area (TPSA) is 98.7 Å². The summed E-state index contributed by atoms with van der Waals surface area (Å²) < 4.78 is 31.7. The molecule has 1 saturated heterocycles. The van der Waals surface area contributed by atoms with Gasteiger partial charge in [0, 0.05) is 57.0 Å². The molecule has 3 heterocycles. The van der Waals surface area contributed by atoms with Gasteiger partial charge in [-0.15, -0.1) is 0 Å². The minimum Gasteiger partial charge on any atom is -0.475 e. The lowest BCUT2D eigenvalue weighted by atomic mass is 10.1. The molecule has 39 heavy (non-hydrogen) atoms. The summed E-state index contributed by atoms with van der Waals surface area (Å²) in [5.41, 5.74) is 2.47. The number of pyridine rings is 2. The molecule has 208 valence electrons. The number of carboxylic acids is 1. The van der Waals surface area contributed by atoms with Gasteiger partial charge in [0.25, 0.3) is 5.91 Å². The molecule has 1 fully saturated rings. The number of amides is 1. The van der Waals surface area contributed by atoms with Crippen LogP contribution in [0.5, 0.6) is 0 Å². The van der Waals surface area contributed by atoms with Crippen LogP contribution in [0.25, 0.3) is 0 Å². The number of aliphatic carboxylic acids is 1. The molecule has 1 aliphatic heterocycles. The van der Waals surface area contributed by atoms with Crippen molar-refractivity contribution in [1.29, 1.82) is 0 Å². The highest BCUT2D eigenvalue weighted by Gasteiger charge is 2.38. The second-order valence-corrected chi connectivity index (χ2v) is 9.42. The van der Waals surface area contributed by atoms with Gasteiger partial charge in [0.15, 0.2) is 0 Å². The summed E-state index contributed by atoms with van der Waals surface area (Å²) in [4.78, 5) is 34.4. The zero-order chi connectivity index (χ0) is 28.6. The number of hydrogen-bond donors (Lipinski definition) is 2. The molecule has 3 aromatic rings. The van der Waals surface area contributed by atoms with Gasteiger partial charge >= 0.3 is 12.1 Å². The molecule has 1 amide bonds. The zero-order valence-electron chi connectivity index (χ0n) is 20.3. The molecule has 0 spiro atoms. The Labute approximate surface area is 237 Å². The van der Waals surface area contributed by atoms with Crippen LogP contribution in [0.3, 0.4) is 0 Å². The highest BCUT2D eigenvalue weighted by atomic mass is 35.5. The average Bonchev–Trinajstić information content (AvgIpc) is 2.91. The van der Waals surface area contributed by atoms with Gasteiger partial charge in [-0.05, 0) is 36.2 Å². The highest BCUT2D eigenvalue weighted by molar-refractivity contribution is 6.42. The van der Waals surface area contributed by atoms with E-state index in [4.69, 9.17) is 44.7 Å². The van der Waals surface area contributed by atoms with Crippen molar-refractivity contribution in [1.82, 2.24) is 15.3 Å². The van der Waals surface area contributed by atoms with E-state index >= 15 is 0 Å². The molecule has 0 saturated carbocycles. The number of piperazine rings is 1. The number of carbonyl (C=O) groups is 2. The fourth-order valence-electron chi connectivity index (χ4n) is 3.67. The second-order valence-electron chi connectivity index (χ2n) is 8.23. The number of aromatic nitrogens is 2. The molecule has 1 aromatic carbocycles. The van der Waals surface area contributed by atoms with Crippen LogP contribution >= 0.6 is 34.8 Å². The van der Waals surface area contributed by atoms with E-state index in [1.54, 1.807) is 30.7 Å². The number of nitrogens with zero attached hydrogens (tertiary/aromatic N) is 4. The van der Waals surface area contributed by atoms with Gasteiger partial charge in [-0.3, -0.25) is 9.78 Å². The molecule has 2 N–H and O–H groups in total. The maximum atomic E-state index is 12.5. The number of rotatable bonds is 6. The van der Waals surface area contributed by atoms with E-state index in [-0.39, 0.29) is 5.91 Å². The first-order chi connectivity index (χ1) is 18.5. The number of alkyl halides is 3. The van der Waals surface area contributed by atoms with Crippen molar-refractivity contribution in [2.45, 2.75) is 12.6 Å². The van der Waals surface area contributed by atoms with E-state index in [1.807, 2.05) is 24.3 Å². The number of benzene rings is 1. The van der Waals surface area contributed by atoms with Crippen molar-refractivity contribution in [3.8, 4) is 0 Å². The van der Waals surface area contributed by atoms with Crippen LogP contribution in [0.1, 0.15) is 15.9 Å². The van der Waals surface area contributed by atoms with E-state index in [9.17, 15) is 18.0 Å². The summed E-state index contributed by atoms with van der Waals surface area (Å²) in [6.45, 7) is 3.73. The smallest absolute Gasteiger partial charge is 0.475 e. The molecule has 1 aliphatic rings. The Kier molecular flexibility index (Phi) is 10.6. The number of nitrogens with one attached hydrogen (secondary N) is 1. The van der Waals surface area contributed by atoms with Gasteiger partial charge in [-0.1, -0.05) is 46.9 Å². The summed E-state index contributed by atoms with van der Waals surface area (Å²) in [5.74, 6) is -2.29. The zero-order valence-corrected chi connectivity index (χ0v) is 22.5. The lowest BCUT2D eigenvalue weighted by Crippen LogP contribution is -2.47. The van der Waals surface area contributed by atoms with Crippen LogP contribution in [0.4, 0.5) is 24.7 Å². The molecule has 0 unspecified atom stereocenters. The third kappa shape index (κ3) is 8.61. The number of carbonyl (C=O) groups excluding carboxylic acids is 1. The van der Waals surface area contributed by atoms with Gasteiger partial charge in [0.1, 0.15) is 5.82 Å². The number of hydrogen-bond acceptors (Lipinski definition) is 6. The Morgan fingerprint density at radius 3 is 2.18 bits per heavy atom. The van der Waals surface area contributed by atoms with Gasteiger partial charge in [-0.25, -0.2) is 9.78 Å². The van der Waals surface area contributed by atoms with Gasteiger partial charge in [0.05, 0.1) is 20.6 Å². The molecular formula is C25H23Cl3F3N5O3. The van der Waals surface area contributed by atoms with E-state index in [0.717, 1.165) is 37.4 Å². The Morgan fingerprint density at radius 1 is 0.974 bits per heavy atom. The van der Waals surface area contributed by atoms with Crippen molar-refractivity contribution >= 4 is 58.2 Å². The predicted octanol–water partition coefficient (Wildman–Crippen LogP) is 5.37. The first kappa shape index (κ1) is 30.3. The lowest BCUT2D eigenvalue weighted by Gasteiger charge is -2.37. The SMILES string of the molecule is O=C(NCCc1cccc(Cl)c1Cl)c1cnc(N2CCN(c3ccncc3)CC2)c(Cl)c1.O=C(O)C(F)(F)F. The monoisotopic (exact) mass is 603 g/mol. The molecule has 0 bridgehead atoms. The fraction of sp³-hybridized carbons (Fsp3) is 0.280. The molecule has 0 aliphatic carbocycles. The Morgan fingerprint density at radius 2 is 1.59 bits per heavy atom. The van der Waals surface area contributed by atoms with Gasteiger partial charge < -0.3 is 20.2 Å². The predicted molar refractivity (Wildman–Crippen MR) is 144 cm³/mol. The third-order valence-corrected chi connectivity index (χ3v) is 6.78. The van der Waals surface area contributed by atoms with Crippen LogP contribution in [0.15, 0.2) is 55.0 Å². The maximum absolute atomic E-state index is 12.5. The normalized spacial score (nSPS) is 13.4. The van der Waals surface area contributed by atoms with Crippen molar-refractivity contribution < 1.29 is 27.9 Å². The van der Waals surface area contributed by atoms with Gasteiger partial charge in [0.2, 0.25) is 0 Å². The van der Waals surface area contributed by atoms with E-state index in [1.165, 1.54) is 0 Å². The average molecular weight is 605 g/mol. The van der Waals surface area contributed by atoms with Gasteiger partial charge in [-0.2, -0.15) is 13.2 Å². The molecule has 0 atom stereocenters. The highest BCUT2D eigenvalue weighted by Crippen LogP contribution is 2.27. The number of anilines is 2. The number of carboxylic acid groups (broad SMARTS) is 1. The lowest BCUT2D eigenvalue weighted by molar-refractivity contribution is -0.192. The van der Waals surface area contributed by atoms with E-state index in [2.05, 4.69) is 25.1 Å². The summed E-state index contributed by atoms with van der Waals surface area (Å²) in [6, 6.07) is 11.1. The van der Waals surface area contributed by atoms with Crippen molar-refractivity contribution in [3.63, 3.8) is 0 Å². The standard InChI is InChI=1S/C23H22Cl3N5O.C2HF3O2/c24-19-3-1-2-16(21(19)26)4-9-28-23(32)17-14-20(25)22(29-15-17)31-12-10-30(11-13-31)18-5-7-27-8-6-18;3-2(4,5)1(6)7/h1-3,5-8,14-15H,4,9-13H2,(H,28,32);(H,6,7). The molecular weight excluding hydrogens is 582 g/mol. The minimum atomic E-state index is -5.08. The Balaban J connectivity index is 0.000000532. The van der Waals surface area contributed by atoms with E-state index in [0.29, 0.717) is 39.4 Å². The molecule has 4 rings (SSSR count). The molecule has 0 radical (unpaired) electrons. The molecule has 8 nitrogen and oxygen atoms in total. The summed E-state index contributed by atoms with van der Waals surface area (Å²) >= 11 is 18.7. The Bertz CT molecular complexity index is 1290. The van der Waals surface area contributed by atoms with Crippen molar-refractivity contribution in [2.75, 3.05) is 42.5 Å². The summed E-state index contributed by atoms with van der Waals surface area (Å²) in [5, 5.41) is 11.5. The quantitative estimate of drug-likeness (QED) is 0.390. The second kappa shape index (κ2) is 13.7. The molecule has 14 heteroatoms. The molecule has 2 aromatic heterocycles. The third-order valence-electron chi connectivity index (χ3n) is 5.64. The first-order valence-corrected chi connectivity index (χ1v) is 12.7. The van der Waals surface area contributed by atoms with Crippen molar-refractivity contribution in [3.05, 3.63) is 81.2 Å². The van der Waals surface area contributed by atoms with E-state index < -0.39 is 12.1 Å². The van der Waals surface area contributed by atoms with Crippen LogP contribution in [-0.2, 0) is 11.2 Å². The fourth-order valence-corrected chi connectivity index (χ4v) is 4.37. The van der Waals surface area contributed by atoms with Crippen LogP contribution in [0, 0.1) is 0 Å². The van der Waals surface area contributed by atoms with Crippen LogP contribution in [0.2, 0.25) is 15.1 Å². The minimum absolute atomic E-state index is 0.230. The largest absolute Gasteiger partial charge is 0.490 e. The van der Waals surface area contributed by atoms with Crippen molar-refractivity contribution in [2.24, 2.45) is 0 Å². The summed E-state index contributed by atoms with van der Waals surface area (Å²) in [7, 11) is 0. The first-order valence-electron chi connectivity index (χ1n) is 11.5. The summed E-state index contributed by atoms with van der Waals surface area (Å²) in [6.07, 6.45) is 0.658. The maximum Gasteiger partial charge on any atom is 0.490 e.